The first-order valence-corrected chi connectivity index (χ1v) is 9.10. The van der Waals surface area contributed by atoms with Crippen LogP contribution in [-0.2, 0) is 4.79 Å². The fraction of sp³-hybridized carbons (Fsp3) is 0.316. The highest BCUT2D eigenvalue weighted by molar-refractivity contribution is 8.00. The fourth-order valence-electron chi connectivity index (χ4n) is 2.33. The summed E-state index contributed by atoms with van der Waals surface area (Å²) in [7, 11) is 1.56. The molecule has 1 amide bonds. The van der Waals surface area contributed by atoms with Crippen LogP contribution < -0.4 is 10.1 Å². The van der Waals surface area contributed by atoms with E-state index in [1.165, 1.54) is 5.56 Å². The molecule has 0 bridgehead atoms. The molecule has 1 N–H and O–H groups in total. The Morgan fingerprint density at radius 1 is 1.21 bits per heavy atom. The van der Waals surface area contributed by atoms with Crippen molar-refractivity contribution in [3.63, 3.8) is 0 Å². The average Bonchev–Trinajstić information content (AvgIpc) is 2.58. The fourth-order valence-corrected chi connectivity index (χ4v) is 3.60. The van der Waals surface area contributed by atoms with Crippen molar-refractivity contribution in [1.82, 2.24) is 0 Å². The van der Waals surface area contributed by atoms with Gasteiger partial charge in [0.25, 0.3) is 0 Å². The third-order valence-corrected chi connectivity index (χ3v) is 5.50. The van der Waals surface area contributed by atoms with Crippen LogP contribution in [-0.4, -0.2) is 18.3 Å². The van der Waals surface area contributed by atoms with Gasteiger partial charge >= 0.3 is 0 Å². The zero-order valence-electron chi connectivity index (χ0n) is 14.3. The summed E-state index contributed by atoms with van der Waals surface area (Å²) >= 11 is 7.73. The van der Waals surface area contributed by atoms with E-state index in [9.17, 15) is 4.79 Å². The lowest BCUT2D eigenvalue weighted by atomic mass is 10.2. The SMILES string of the molecule is COc1cc(Cl)c(C)cc1NC(=O)C(C)SC(C)c1ccccc1. The monoisotopic (exact) mass is 363 g/mol. The Hall–Kier alpha value is -1.65. The molecule has 0 aliphatic carbocycles. The van der Waals surface area contributed by atoms with Crippen LogP contribution in [0, 0.1) is 6.92 Å². The summed E-state index contributed by atoms with van der Waals surface area (Å²) in [6.45, 7) is 5.92. The van der Waals surface area contributed by atoms with Gasteiger partial charge in [0.1, 0.15) is 5.75 Å². The maximum Gasteiger partial charge on any atom is 0.237 e. The lowest BCUT2D eigenvalue weighted by molar-refractivity contribution is -0.115. The predicted octanol–water partition coefficient (Wildman–Crippen LogP) is 5.48. The van der Waals surface area contributed by atoms with E-state index >= 15 is 0 Å². The minimum absolute atomic E-state index is 0.0530. The molecule has 2 aromatic carbocycles. The number of ether oxygens (including phenoxy) is 1. The van der Waals surface area contributed by atoms with Crippen molar-refractivity contribution in [2.75, 3.05) is 12.4 Å². The number of benzene rings is 2. The van der Waals surface area contributed by atoms with E-state index in [1.54, 1.807) is 24.9 Å². The molecule has 2 unspecified atom stereocenters. The molecular formula is C19H22ClNO2S. The van der Waals surface area contributed by atoms with Gasteiger partial charge in [0, 0.05) is 16.3 Å². The Labute approximate surface area is 152 Å². The van der Waals surface area contributed by atoms with Gasteiger partial charge in [-0.2, -0.15) is 0 Å². The van der Waals surface area contributed by atoms with Gasteiger partial charge in [0.15, 0.2) is 0 Å². The van der Waals surface area contributed by atoms with Crippen LogP contribution in [0.4, 0.5) is 5.69 Å². The number of rotatable bonds is 6. The summed E-state index contributed by atoms with van der Waals surface area (Å²) in [4.78, 5) is 12.5. The first-order valence-electron chi connectivity index (χ1n) is 7.77. The van der Waals surface area contributed by atoms with Crippen LogP contribution in [0.5, 0.6) is 5.75 Å². The van der Waals surface area contributed by atoms with Crippen molar-refractivity contribution in [2.24, 2.45) is 0 Å². The molecule has 2 atom stereocenters. The Morgan fingerprint density at radius 3 is 2.50 bits per heavy atom. The Morgan fingerprint density at radius 2 is 1.88 bits per heavy atom. The second-order valence-corrected chi connectivity index (χ2v) is 7.72. The largest absolute Gasteiger partial charge is 0.495 e. The van der Waals surface area contributed by atoms with Gasteiger partial charge in [-0.25, -0.2) is 0 Å². The number of anilines is 1. The summed E-state index contributed by atoms with van der Waals surface area (Å²) in [6, 6.07) is 13.7. The van der Waals surface area contributed by atoms with E-state index in [-0.39, 0.29) is 16.4 Å². The topological polar surface area (TPSA) is 38.3 Å². The molecule has 24 heavy (non-hydrogen) atoms. The maximum absolute atomic E-state index is 12.5. The van der Waals surface area contributed by atoms with E-state index in [0.29, 0.717) is 16.5 Å². The van der Waals surface area contributed by atoms with E-state index < -0.39 is 0 Å². The Kier molecular flexibility index (Phi) is 6.58. The van der Waals surface area contributed by atoms with E-state index in [1.807, 2.05) is 38.1 Å². The van der Waals surface area contributed by atoms with Crippen molar-refractivity contribution in [3.8, 4) is 5.75 Å². The van der Waals surface area contributed by atoms with Crippen LogP contribution >= 0.6 is 23.4 Å². The Balaban J connectivity index is 2.05. The second-order valence-electron chi connectivity index (χ2n) is 5.62. The van der Waals surface area contributed by atoms with Crippen LogP contribution in [0.25, 0.3) is 0 Å². The number of nitrogens with one attached hydrogen (secondary N) is 1. The van der Waals surface area contributed by atoms with Crippen LogP contribution in [0.1, 0.15) is 30.2 Å². The highest BCUT2D eigenvalue weighted by Gasteiger charge is 2.19. The highest BCUT2D eigenvalue weighted by atomic mass is 35.5. The highest BCUT2D eigenvalue weighted by Crippen LogP contribution is 2.34. The lowest BCUT2D eigenvalue weighted by Gasteiger charge is -2.18. The summed E-state index contributed by atoms with van der Waals surface area (Å²) in [6.07, 6.45) is 0. The standard InChI is InChI=1S/C19H22ClNO2S/c1-12-10-17(18(23-4)11-16(12)20)21-19(22)14(3)24-13(2)15-8-6-5-7-9-15/h5-11,13-14H,1-4H3,(H,21,22). The van der Waals surface area contributed by atoms with E-state index in [2.05, 4.69) is 24.4 Å². The van der Waals surface area contributed by atoms with Crippen LogP contribution in [0.15, 0.2) is 42.5 Å². The van der Waals surface area contributed by atoms with Gasteiger partial charge in [-0.3, -0.25) is 4.79 Å². The molecule has 3 nitrogen and oxygen atoms in total. The zero-order chi connectivity index (χ0) is 17.7. The average molecular weight is 364 g/mol. The van der Waals surface area contributed by atoms with E-state index in [4.69, 9.17) is 16.3 Å². The third-order valence-electron chi connectivity index (χ3n) is 3.79. The summed E-state index contributed by atoms with van der Waals surface area (Å²) in [5, 5.41) is 3.60. The Bertz CT molecular complexity index is 706. The molecule has 0 heterocycles. The molecule has 128 valence electrons. The molecule has 2 rings (SSSR count). The van der Waals surface area contributed by atoms with Crippen molar-refractivity contribution < 1.29 is 9.53 Å². The van der Waals surface area contributed by atoms with Gasteiger partial charge < -0.3 is 10.1 Å². The minimum Gasteiger partial charge on any atom is -0.495 e. The number of amides is 1. The minimum atomic E-state index is -0.194. The van der Waals surface area contributed by atoms with Gasteiger partial charge in [-0.15, -0.1) is 11.8 Å². The van der Waals surface area contributed by atoms with Gasteiger partial charge in [-0.05, 0) is 38.0 Å². The number of hydrogen-bond donors (Lipinski definition) is 1. The third kappa shape index (κ3) is 4.68. The van der Waals surface area contributed by atoms with Crippen molar-refractivity contribution in [1.29, 1.82) is 0 Å². The number of aryl methyl sites for hydroxylation is 1. The molecule has 0 spiro atoms. The molecule has 5 heteroatoms. The molecule has 0 aliphatic rings. The maximum atomic E-state index is 12.5. The molecule has 0 radical (unpaired) electrons. The van der Waals surface area contributed by atoms with Crippen LogP contribution in [0.2, 0.25) is 5.02 Å². The first kappa shape index (κ1) is 18.7. The molecule has 0 saturated carbocycles. The summed E-state index contributed by atoms with van der Waals surface area (Å²) in [5.41, 5.74) is 2.75. The number of carbonyl (C=O) groups is 1. The molecular weight excluding hydrogens is 342 g/mol. The number of carbonyl (C=O) groups excluding carboxylic acids is 1. The summed E-state index contributed by atoms with van der Waals surface area (Å²) in [5.74, 6) is 0.509. The number of hydrogen-bond acceptors (Lipinski definition) is 3. The van der Waals surface area contributed by atoms with Crippen molar-refractivity contribution >= 4 is 35.0 Å². The smallest absolute Gasteiger partial charge is 0.237 e. The number of halogens is 1. The van der Waals surface area contributed by atoms with Gasteiger partial charge in [0.05, 0.1) is 18.0 Å². The molecule has 0 aromatic heterocycles. The second kappa shape index (κ2) is 8.45. The molecule has 0 saturated heterocycles. The number of thioether (sulfide) groups is 1. The quantitative estimate of drug-likeness (QED) is 0.738. The van der Waals surface area contributed by atoms with Crippen molar-refractivity contribution in [3.05, 3.63) is 58.6 Å². The zero-order valence-corrected chi connectivity index (χ0v) is 15.9. The molecule has 0 aliphatic heterocycles. The van der Waals surface area contributed by atoms with E-state index in [0.717, 1.165) is 5.56 Å². The lowest BCUT2D eigenvalue weighted by Crippen LogP contribution is -2.23. The molecule has 2 aromatic rings. The van der Waals surface area contributed by atoms with Crippen LogP contribution in [0.3, 0.4) is 0 Å². The molecule has 0 fully saturated rings. The summed E-state index contributed by atoms with van der Waals surface area (Å²) < 4.78 is 5.31. The first-order chi connectivity index (χ1) is 11.4. The number of methoxy groups -OCH3 is 1. The normalized spacial score (nSPS) is 13.2. The van der Waals surface area contributed by atoms with Gasteiger partial charge in [0.2, 0.25) is 5.91 Å². The predicted molar refractivity (Wildman–Crippen MR) is 103 cm³/mol. The van der Waals surface area contributed by atoms with Gasteiger partial charge in [-0.1, -0.05) is 41.9 Å². The van der Waals surface area contributed by atoms with Crippen molar-refractivity contribution in [2.45, 2.75) is 31.3 Å².